The lowest BCUT2D eigenvalue weighted by atomic mass is 10.1. The normalized spacial score (nSPS) is 14.3. The zero-order valence-electron chi connectivity index (χ0n) is 13.5. The number of nitrogens with zero attached hydrogens (tertiary/aromatic N) is 5. The van der Waals surface area contributed by atoms with Crippen LogP contribution in [0.25, 0.3) is 11.3 Å². The molecule has 25 heavy (non-hydrogen) atoms. The molecule has 3 aromatic rings. The molecular formula is C18H17N5O2. The van der Waals surface area contributed by atoms with E-state index in [1.807, 2.05) is 30.3 Å². The first kappa shape index (κ1) is 15.3. The fraction of sp³-hybridized carbons (Fsp3) is 0.222. The van der Waals surface area contributed by atoms with Gasteiger partial charge in [-0.3, -0.25) is 14.3 Å². The number of benzene rings is 1. The van der Waals surface area contributed by atoms with Gasteiger partial charge in [0.25, 0.3) is 5.56 Å². The van der Waals surface area contributed by atoms with Crippen LogP contribution in [0.15, 0.2) is 65.7 Å². The molecule has 1 aliphatic heterocycles. The van der Waals surface area contributed by atoms with Crippen molar-refractivity contribution in [2.75, 3.05) is 13.1 Å². The van der Waals surface area contributed by atoms with Crippen molar-refractivity contribution < 1.29 is 4.79 Å². The van der Waals surface area contributed by atoms with Gasteiger partial charge >= 0.3 is 0 Å². The van der Waals surface area contributed by atoms with Crippen LogP contribution >= 0.6 is 0 Å². The number of amides is 1. The van der Waals surface area contributed by atoms with E-state index in [0.717, 1.165) is 11.3 Å². The summed E-state index contributed by atoms with van der Waals surface area (Å²) in [4.78, 5) is 26.1. The van der Waals surface area contributed by atoms with Crippen molar-refractivity contribution in [3.8, 4) is 11.3 Å². The van der Waals surface area contributed by atoms with E-state index >= 15 is 0 Å². The third-order valence-electron chi connectivity index (χ3n) is 4.31. The SMILES string of the molecule is O=C(Cn1cccn1)N1CC(n2nc(-c3ccccc3)ccc2=O)C1. The summed E-state index contributed by atoms with van der Waals surface area (Å²) in [7, 11) is 0. The molecule has 1 aromatic carbocycles. The Kier molecular flexibility index (Phi) is 3.89. The minimum Gasteiger partial charge on any atom is -0.337 e. The van der Waals surface area contributed by atoms with Crippen LogP contribution in [0.1, 0.15) is 6.04 Å². The van der Waals surface area contributed by atoms with E-state index in [4.69, 9.17) is 0 Å². The van der Waals surface area contributed by atoms with Crippen molar-refractivity contribution in [3.05, 3.63) is 71.3 Å². The molecule has 0 atom stereocenters. The first-order valence-corrected chi connectivity index (χ1v) is 8.11. The second-order valence-electron chi connectivity index (χ2n) is 6.02. The maximum absolute atomic E-state index is 12.2. The molecule has 1 fully saturated rings. The van der Waals surface area contributed by atoms with Crippen LogP contribution in [0.5, 0.6) is 0 Å². The Morgan fingerprint density at radius 2 is 1.88 bits per heavy atom. The lowest BCUT2D eigenvalue weighted by Crippen LogP contribution is -2.54. The largest absolute Gasteiger partial charge is 0.337 e. The monoisotopic (exact) mass is 335 g/mol. The van der Waals surface area contributed by atoms with Gasteiger partial charge in [0.2, 0.25) is 5.91 Å². The van der Waals surface area contributed by atoms with E-state index < -0.39 is 0 Å². The summed E-state index contributed by atoms with van der Waals surface area (Å²) >= 11 is 0. The van der Waals surface area contributed by atoms with Gasteiger partial charge in [-0.15, -0.1) is 0 Å². The molecule has 0 aliphatic carbocycles. The molecule has 0 unspecified atom stereocenters. The summed E-state index contributed by atoms with van der Waals surface area (Å²) in [5, 5.41) is 8.52. The first-order valence-electron chi connectivity index (χ1n) is 8.11. The lowest BCUT2D eigenvalue weighted by molar-refractivity contribution is -0.138. The second-order valence-corrected chi connectivity index (χ2v) is 6.02. The highest BCUT2D eigenvalue weighted by atomic mass is 16.2. The maximum Gasteiger partial charge on any atom is 0.267 e. The molecule has 7 nitrogen and oxygen atoms in total. The third kappa shape index (κ3) is 3.08. The van der Waals surface area contributed by atoms with E-state index in [0.29, 0.717) is 13.1 Å². The van der Waals surface area contributed by atoms with Crippen molar-refractivity contribution in [1.29, 1.82) is 0 Å². The number of hydrogen-bond acceptors (Lipinski definition) is 4. The third-order valence-corrected chi connectivity index (χ3v) is 4.31. The standard InChI is InChI=1S/C18H17N5O2/c24-17-8-7-16(14-5-2-1-3-6-14)20-23(17)15-11-21(12-15)18(25)13-22-10-4-9-19-22/h1-10,15H,11-13H2. The van der Waals surface area contributed by atoms with Gasteiger partial charge in [-0.05, 0) is 12.1 Å². The lowest BCUT2D eigenvalue weighted by Gasteiger charge is -2.39. The van der Waals surface area contributed by atoms with Crippen LogP contribution in [0.4, 0.5) is 0 Å². The quantitative estimate of drug-likeness (QED) is 0.718. The highest BCUT2D eigenvalue weighted by Gasteiger charge is 2.33. The van der Waals surface area contributed by atoms with Crippen LogP contribution < -0.4 is 5.56 Å². The highest BCUT2D eigenvalue weighted by molar-refractivity contribution is 5.76. The van der Waals surface area contributed by atoms with E-state index in [9.17, 15) is 9.59 Å². The molecule has 3 heterocycles. The Bertz CT molecular complexity index is 928. The molecule has 1 aliphatic rings. The zero-order chi connectivity index (χ0) is 17.2. The molecule has 1 amide bonds. The van der Waals surface area contributed by atoms with Crippen LogP contribution in [-0.2, 0) is 11.3 Å². The van der Waals surface area contributed by atoms with Gasteiger partial charge in [-0.1, -0.05) is 30.3 Å². The van der Waals surface area contributed by atoms with Gasteiger partial charge in [0, 0.05) is 37.1 Å². The van der Waals surface area contributed by atoms with Crippen LogP contribution in [0.3, 0.4) is 0 Å². The summed E-state index contributed by atoms with van der Waals surface area (Å²) in [6.45, 7) is 1.20. The van der Waals surface area contributed by atoms with Gasteiger partial charge < -0.3 is 4.90 Å². The smallest absolute Gasteiger partial charge is 0.267 e. The van der Waals surface area contributed by atoms with Crippen LogP contribution in [0, 0.1) is 0 Å². The van der Waals surface area contributed by atoms with Gasteiger partial charge in [0.1, 0.15) is 6.54 Å². The van der Waals surface area contributed by atoms with Gasteiger partial charge in [-0.2, -0.15) is 10.2 Å². The Balaban J connectivity index is 1.47. The zero-order valence-corrected chi connectivity index (χ0v) is 13.5. The Morgan fingerprint density at radius 1 is 1.08 bits per heavy atom. The minimum atomic E-state index is -0.149. The molecule has 0 saturated carbocycles. The van der Waals surface area contributed by atoms with Crippen molar-refractivity contribution in [1.82, 2.24) is 24.5 Å². The van der Waals surface area contributed by atoms with E-state index in [1.165, 1.54) is 10.7 Å². The molecule has 0 spiro atoms. The Hall–Kier alpha value is -3.22. The number of carbonyl (C=O) groups is 1. The van der Waals surface area contributed by atoms with Crippen LogP contribution in [-0.4, -0.2) is 43.5 Å². The highest BCUT2D eigenvalue weighted by Crippen LogP contribution is 2.21. The molecule has 0 bridgehead atoms. The van der Waals surface area contributed by atoms with Crippen molar-refractivity contribution >= 4 is 5.91 Å². The van der Waals surface area contributed by atoms with Gasteiger partial charge in [-0.25, -0.2) is 4.68 Å². The number of carbonyl (C=O) groups excluding carboxylic acids is 1. The predicted octanol–water partition coefficient (Wildman–Crippen LogP) is 1.19. The van der Waals surface area contributed by atoms with Crippen molar-refractivity contribution in [2.45, 2.75) is 12.6 Å². The molecule has 7 heteroatoms. The molecule has 4 rings (SSSR count). The number of rotatable bonds is 4. The summed E-state index contributed by atoms with van der Waals surface area (Å²) in [5.41, 5.74) is 1.56. The maximum atomic E-state index is 12.2. The fourth-order valence-corrected chi connectivity index (χ4v) is 2.90. The summed E-state index contributed by atoms with van der Waals surface area (Å²) in [6, 6.07) is 14.7. The average Bonchev–Trinajstić information content (AvgIpc) is 3.09. The molecular weight excluding hydrogens is 318 g/mol. The van der Waals surface area contributed by atoms with E-state index in [-0.39, 0.29) is 24.1 Å². The van der Waals surface area contributed by atoms with E-state index in [2.05, 4.69) is 10.2 Å². The number of hydrogen-bond donors (Lipinski definition) is 0. The predicted molar refractivity (Wildman–Crippen MR) is 91.8 cm³/mol. The molecule has 1 saturated heterocycles. The molecule has 126 valence electrons. The van der Waals surface area contributed by atoms with Gasteiger partial charge in [0.05, 0.1) is 11.7 Å². The molecule has 0 radical (unpaired) electrons. The molecule has 0 N–H and O–H groups in total. The Labute approximate surface area is 144 Å². The summed E-state index contributed by atoms with van der Waals surface area (Å²) < 4.78 is 3.08. The van der Waals surface area contributed by atoms with Crippen LogP contribution in [0.2, 0.25) is 0 Å². The first-order chi connectivity index (χ1) is 12.2. The van der Waals surface area contributed by atoms with E-state index in [1.54, 1.807) is 34.1 Å². The number of likely N-dealkylation sites (tertiary alicyclic amines) is 1. The summed E-state index contributed by atoms with van der Waals surface area (Å²) in [5.74, 6) is -0.00721. The topological polar surface area (TPSA) is 73.0 Å². The molecule has 2 aromatic heterocycles. The Morgan fingerprint density at radius 3 is 2.60 bits per heavy atom. The average molecular weight is 335 g/mol. The van der Waals surface area contributed by atoms with Crippen molar-refractivity contribution in [2.24, 2.45) is 0 Å². The fourth-order valence-electron chi connectivity index (χ4n) is 2.90. The number of aromatic nitrogens is 4. The van der Waals surface area contributed by atoms with Gasteiger partial charge in [0.15, 0.2) is 0 Å². The minimum absolute atomic E-state index is 0.00721. The summed E-state index contributed by atoms with van der Waals surface area (Å²) in [6.07, 6.45) is 3.40. The second kappa shape index (κ2) is 6.35. The van der Waals surface area contributed by atoms with Crippen molar-refractivity contribution in [3.63, 3.8) is 0 Å².